The highest BCUT2D eigenvalue weighted by Crippen LogP contribution is 1.96. The largest absolute Gasteiger partial charge is 0.379 e. The Morgan fingerprint density at radius 3 is 2.77 bits per heavy atom. The molecule has 0 spiro atoms. The van der Waals surface area contributed by atoms with Crippen LogP contribution in [0, 0.1) is 6.92 Å². The molecule has 2 radical (unpaired) electrons. The van der Waals surface area contributed by atoms with Crippen LogP contribution < -0.4 is 5.32 Å². The summed E-state index contributed by atoms with van der Waals surface area (Å²) in [5, 5.41) is 2.57. The maximum Gasteiger partial charge on any atom is 0.224 e. The van der Waals surface area contributed by atoms with Gasteiger partial charge in [-0.15, -0.1) is 0 Å². The number of ether oxygens (including phenoxy) is 1. The van der Waals surface area contributed by atoms with Gasteiger partial charge >= 0.3 is 0 Å². The van der Waals surface area contributed by atoms with Crippen molar-refractivity contribution in [1.82, 2.24) is 10.2 Å². The van der Waals surface area contributed by atoms with Gasteiger partial charge in [0.25, 0.3) is 0 Å². The highest BCUT2D eigenvalue weighted by atomic mass is 16.5. The minimum atomic E-state index is -0.443. The van der Waals surface area contributed by atoms with Crippen molar-refractivity contribution < 1.29 is 9.53 Å². The van der Waals surface area contributed by atoms with Crippen LogP contribution in [0.1, 0.15) is 6.42 Å². The molecule has 4 nitrogen and oxygen atoms in total. The second kappa shape index (κ2) is 5.94. The molecule has 1 fully saturated rings. The van der Waals surface area contributed by atoms with E-state index in [0.717, 1.165) is 39.3 Å². The lowest BCUT2D eigenvalue weighted by Gasteiger charge is -2.26. The van der Waals surface area contributed by atoms with Crippen LogP contribution in [-0.2, 0) is 9.53 Å². The van der Waals surface area contributed by atoms with Crippen LogP contribution >= 0.6 is 0 Å². The third-order valence-corrected chi connectivity index (χ3v) is 2.05. The molecule has 0 bridgehead atoms. The summed E-state index contributed by atoms with van der Waals surface area (Å²) in [5.74, 6) is -0.443. The Morgan fingerprint density at radius 2 is 2.15 bits per heavy atom. The Kier molecular flexibility index (Phi) is 4.78. The average molecular weight is 184 g/mol. The van der Waals surface area contributed by atoms with Crippen LogP contribution in [0.4, 0.5) is 0 Å². The summed E-state index contributed by atoms with van der Waals surface area (Å²) in [5.41, 5.74) is 0. The number of nitrogens with zero attached hydrogens (tertiary/aromatic N) is 1. The van der Waals surface area contributed by atoms with Crippen LogP contribution in [0.25, 0.3) is 0 Å². The van der Waals surface area contributed by atoms with Crippen molar-refractivity contribution in [3.8, 4) is 0 Å². The highest BCUT2D eigenvalue weighted by Gasteiger charge is 2.08. The number of carbonyl (C=O) groups excluding carboxylic acids is 1. The van der Waals surface area contributed by atoms with Crippen LogP contribution in [-0.4, -0.2) is 50.2 Å². The second-order valence-corrected chi connectivity index (χ2v) is 3.10. The fourth-order valence-corrected chi connectivity index (χ4v) is 1.34. The molecule has 1 aliphatic rings. The van der Waals surface area contributed by atoms with Crippen LogP contribution in [0.3, 0.4) is 0 Å². The Labute approximate surface area is 79.2 Å². The van der Waals surface area contributed by atoms with Gasteiger partial charge in [-0.1, -0.05) is 0 Å². The fraction of sp³-hybridized carbons (Fsp3) is 0.778. The summed E-state index contributed by atoms with van der Waals surface area (Å²) in [6.07, 6.45) is 0.947. The number of morpholine rings is 1. The van der Waals surface area contributed by atoms with E-state index in [2.05, 4.69) is 10.2 Å². The zero-order valence-electron chi connectivity index (χ0n) is 7.79. The molecule has 1 amide bonds. The highest BCUT2D eigenvalue weighted by molar-refractivity contribution is 5.79. The first kappa shape index (κ1) is 10.5. The lowest BCUT2D eigenvalue weighted by Crippen LogP contribution is -2.38. The first-order valence-corrected chi connectivity index (χ1v) is 4.62. The van der Waals surface area contributed by atoms with Gasteiger partial charge in [-0.2, -0.15) is 0 Å². The van der Waals surface area contributed by atoms with E-state index in [4.69, 9.17) is 11.7 Å². The Hall–Kier alpha value is -0.610. The maximum absolute atomic E-state index is 10.3. The molecule has 0 aliphatic carbocycles. The fourth-order valence-electron chi connectivity index (χ4n) is 1.34. The number of amides is 1. The van der Waals surface area contributed by atoms with E-state index in [1.807, 2.05) is 0 Å². The minimum absolute atomic E-state index is 0.443. The van der Waals surface area contributed by atoms with E-state index < -0.39 is 5.91 Å². The number of hydrogen-bond donors (Lipinski definition) is 1. The first-order chi connectivity index (χ1) is 6.29. The number of nitrogens with one attached hydrogen (secondary N) is 1. The Balaban J connectivity index is 1.95. The van der Waals surface area contributed by atoms with Gasteiger partial charge in [-0.25, -0.2) is 0 Å². The molecule has 0 atom stereocenters. The van der Waals surface area contributed by atoms with Gasteiger partial charge in [-0.05, 0) is 13.0 Å². The predicted molar refractivity (Wildman–Crippen MR) is 49.2 cm³/mol. The molecule has 1 aliphatic heterocycles. The van der Waals surface area contributed by atoms with Crippen LogP contribution in [0.5, 0.6) is 0 Å². The Morgan fingerprint density at radius 1 is 1.46 bits per heavy atom. The van der Waals surface area contributed by atoms with Crippen molar-refractivity contribution in [3.63, 3.8) is 0 Å². The summed E-state index contributed by atoms with van der Waals surface area (Å²) in [7, 11) is 0. The number of carbonyl (C=O) groups is 1. The van der Waals surface area contributed by atoms with E-state index in [0.29, 0.717) is 6.54 Å². The molecule has 13 heavy (non-hydrogen) atoms. The zero-order valence-corrected chi connectivity index (χ0v) is 7.79. The van der Waals surface area contributed by atoms with Crippen molar-refractivity contribution >= 4 is 5.91 Å². The molecule has 1 N–H and O–H groups in total. The zero-order chi connectivity index (χ0) is 9.52. The monoisotopic (exact) mass is 184 g/mol. The molecular formula is C9H16N2O2. The molecule has 1 saturated heterocycles. The van der Waals surface area contributed by atoms with E-state index in [1.165, 1.54) is 0 Å². The van der Waals surface area contributed by atoms with Gasteiger partial charge in [0.2, 0.25) is 5.91 Å². The summed E-state index contributed by atoms with van der Waals surface area (Å²) >= 11 is 0. The van der Waals surface area contributed by atoms with Crippen LogP contribution in [0.15, 0.2) is 0 Å². The van der Waals surface area contributed by atoms with Gasteiger partial charge in [0, 0.05) is 19.6 Å². The summed E-state index contributed by atoms with van der Waals surface area (Å²) in [4.78, 5) is 12.7. The molecule has 74 valence electrons. The third kappa shape index (κ3) is 4.85. The van der Waals surface area contributed by atoms with Gasteiger partial charge in [-0.3, -0.25) is 9.69 Å². The van der Waals surface area contributed by atoms with Crippen molar-refractivity contribution in [2.75, 3.05) is 39.4 Å². The lowest BCUT2D eigenvalue weighted by atomic mass is 10.3. The first-order valence-electron chi connectivity index (χ1n) is 4.62. The van der Waals surface area contributed by atoms with Crippen molar-refractivity contribution in [2.45, 2.75) is 6.42 Å². The summed E-state index contributed by atoms with van der Waals surface area (Å²) in [6, 6.07) is 0. The topological polar surface area (TPSA) is 41.6 Å². The van der Waals surface area contributed by atoms with E-state index >= 15 is 0 Å². The quantitative estimate of drug-likeness (QED) is 0.601. The SMILES string of the molecule is [CH]C(=O)NCCCN1CCOCC1. The van der Waals surface area contributed by atoms with Crippen molar-refractivity contribution in [3.05, 3.63) is 6.92 Å². The standard InChI is InChI=1S/C9H16N2O2/c1-9(12)10-3-2-4-11-5-7-13-8-6-11/h1H,2-8H2,(H,10,12). The van der Waals surface area contributed by atoms with Crippen LogP contribution in [0.2, 0.25) is 0 Å². The predicted octanol–water partition coefficient (Wildman–Crippen LogP) is -0.464. The van der Waals surface area contributed by atoms with Crippen molar-refractivity contribution in [1.29, 1.82) is 0 Å². The van der Waals surface area contributed by atoms with Gasteiger partial charge in [0.1, 0.15) is 0 Å². The Bertz CT molecular complexity index is 156. The normalized spacial score (nSPS) is 18.5. The van der Waals surface area contributed by atoms with Crippen molar-refractivity contribution in [2.24, 2.45) is 0 Å². The molecule has 0 aromatic carbocycles. The van der Waals surface area contributed by atoms with Gasteiger partial charge in [0.05, 0.1) is 20.1 Å². The number of rotatable bonds is 4. The summed E-state index contributed by atoms with van der Waals surface area (Å²) in [6.45, 7) is 10.2. The molecule has 0 saturated carbocycles. The smallest absolute Gasteiger partial charge is 0.224 e. The molecule has 1 rings (SSSR count). The lowest BCUT2D eigenvalue weighted by molar-refractivity contribution is -0.116. The number of hydrogen-bond acceptors (Lipinski definition) is 3. The molecule has 0 aromatic heterocycles. The van der Waals surface area contributed by atoms with E-state index in [1.54, 1.807) is 0 Å². The maximum atomic E-state index is 10.3. The molecule has 1 heterocycles. The second-order valence-electron chi connectivity index (χ2n) is 3.10. The van der Waals surface area contributed by atoms with Gasteiger partial charge < -0.3 is 10.1 Å². The molecule has 4 heteroatoms. The van der Waals surface area contributed by atoms with Gasteiger partial charge in [0.15, 0.2) is 0 Å². The molecule has 0 unspecified atom stereocenters. The molecule has 0 aromatic rings. The van der Waals surface area contributed by atoms with E-state index in [-0.39, 0.29) is 0 Å². The minimum Gasteiger partial charge on any atom is -0.379 e. The molecular weight excluding hydrogens is 168 g/mol. The third-order valence-electron chi connectivity index (χ3n) is 2.05. The average Bonchev–Trinajstić information content (AvgIpc) is 2.14. The van der Waals surface area contributed by atoms with E-state index in [9.17, 15) is 4.79 Å². The summed E-state index contributed by atoms with van der Waals surface area (Å²) < 4.78 is 5.21.